The van der Waals surface area contributed by atoms with Gasteiger partial charge in [0.2, 0.25) is 0 Å². The van der Waals surface area contributed by atoms with Crippen molar-refractivity contribution in [3.8, 4) is 0 Å². The molecule has 2 N–H and O–H groups in total. The number of rotatable bonds is 2. The topological polar surface area (TPSA) is 16.6 Å². The molecule has 0 amide bonds. The van der Waals surface area contributed by atoms with E-state index < -0.39 is 0 Å². The molecule has 0 aromatic rings. The summed E-state index contributed by atoms with van der Waals surface area (Å²) in [5.41, 5.74) is 0. The highest BCUT2D eigenvalue weighted by molar-refractivity contribution is 4.67. The van der Waals surface area contributed by atoms with Crippen LogP contribution in [0.2, 0.25) is 0 Å². The van der Waals surface area contributed by atoms with Crippen molar-refractivity contribution < 1.29 is 5.32 Å². The Labute approximate surface area is 51.5 Å². The van der Waals surface area contributed by atoms with Gasteiger partial charge in [-0.2, -0.15) is 0 Å². The van der Waals surface area contributed by atoms with Gasteiger partial charge in [-0.25, -0.2) is 0 Å². The maximum Gasteiger partial charge on any atom is 0.0915 e. The lowest BCUT2D eigenvalue weighted by Crippen LogP contribution is -3.03. The van der Waals surface area contributed by atoms with Crippen molar-refractivity contribution in [3.05, 3.63) is 0 Å². The summed E-state index contributed by atoms with van der Waals surface area (Å²) in [6.45, 7) is 4.54. The average Bonchev–Trinajstić information content (AvgIpc) is 1.65. The molecular weight excluding hydrogens is 98.1 g/mol. The van der Waals surface area contributed by atoms with Gasteiger partial charge in [0.15, 0.2) is 0 Å². The highest BCUT2D eigenvalue weighted by Gasteiger charge is 2.29. The van der Waals surface area contributed by atoms with Gasteiger partial charge in [-0.15, -0.1) is 0 Å². The Morgan fingerprint density at radius 2 is 1.62 bits per heavy atom. The molecule has 0 unspecified atom stereocenters. The third-order valence-electron chi connectivity index (χ3n) is 2.20. The van der Waals surface area contributed by atoms with E-state index in [0.717, 1.165) is 12.1 Å². The molecular formula is C7H16N+. The van der Waals surface area contributed by atoms with Gasteiger partial charge in [-0.3, -0.25) is 0 Å². The molecule has 1 aliphatic rings. The zero-order valence-electron chi connectivity index (χ0n) is 5.85. The molecule has 1 saturated heterocycles. The third-order valence-corrected chi connectivity index (χ3v) is 2.20. The molecule has 1 rings (SSSR count). The first-order chi connectivity index (χ1) is 3.86. The monoisotopic (exact) mass is 114 g/mol. The predicted molar refractivity (Wildman–Crippen MR) is 34.7 cm³/mol. The highest BCUT2D eigenvalue weighted by atomic mass is 15.0. The molecule has 1 heteroatoms. The van der Waals surface area contributed by atoms with Crippen molar-refractivity contribution in [2.75, 3.05) is 0 Å². The summed E-state index contributed by atoms with van der Waals surface area (Å²) in [5.74, 6) is 0. The number of hydrogen-bond donors (Lipinski definition) is 1. The largest absolute Gasteiger partial charge is 0.341 e. The predicted octanol–water partition coefficient (Wildman–Crippen LogP) is 0.511. The van der Waals surface area contributed by atoms with E-state index in [1.165, 1.54) is 19.3 Å². The van der Waals surface area contributed by atoms with E-state index in [4.69, 9.17) is 0 Å². The second kappa shape index (κ2) is 2.49. The molecule has 48 valence electrons. The van der Waals surface area contributed by atoms with E-state index in [0.29, 0.717) is 0 Å². The Morgan fingerprint density at radius 3 is 1.88 bits per heavy atom. The van der Waals surface area contributed by atoms with Crippen LogP contribution in [0.5, 0.6) is 0 Å². The Hall–Kier alpha value is -0.0400. The second-order valence-electron chi connectivity index (χ2n) is 2.76. The third kappa shape index (κ3) is 1.03. The van der Waals surface area contributed by atoms with Crippen molar-refractivity contribution in [1.29, 1.82) is 0 Å². The molecule has 0 spiro atoms. The lowest BCUT2D eigenvalue weighted by Gasteiger charge is -2.31. The van der Waals surface area contributed by atoms with Crippen molar-refractivity contribution in [3.63, 3.8) is 0 Å². The fourth-order valence-corrected chi connectivity index (χ4v) is 1.34. The summed E-state index contributed by atoms with van der Waals surface area (Å²) >= 11 is 0. The number of quaternary nitrogens is 1. The molecule has 1 nitrogen and oxygen atoms in total. The van der Waals surface area contributed by atoms with Gasteiger partial charge in [-0.05, 0) is 12.8 Å². The van der Waals surface area contributed by atoms with Crippen LogP contribution >= 0.6 is 0 Å². The van der Waals surface area contributed by atoms with Gasteiger partial charge in [-0.1, -0.05) is 13.8 Å². The van der Waals surface area contributed by atoms with E-state index >= 15 is 0 Å². The lowest BCUT2D eigenvalue weighted by atomic mass is 9.93. The van der Waals surface area contributed by atoms with E-state index in [-0.39, 0.29) is 0 Å². The van der Waals surface area contributed by atoms with Crippen LogP contribution in [0.1, 0.15) is 33.1 Å². The van der Waals surface area contributed by atoms with Gasteiger partial charge in [0.05, 0.1) is 18.5 Å². The first-order valence-electron chi connectivity index (χ1n) is 3.71. The van der Waals surface area contributed by atoms with Crippen LogP contribution in [0.15, 0.2) is 0 Å². The summed E-state index contributed by atoms with van der Waals surface area (Å²) in [5, 5.41) is 2.50. The first kappa shape index (κ1) is 6.09. The van der Waals surface area contributed by atoms with E-state index in [1.54, 1.807) is 0 Å². The highest BCUT2D eigenvalue weighted by Crippen LogP contribution is 2.06. The molecule has 0 aromatic heterocycles. The fourth-order valence-electron chi connectivity index (χ4n) is 1.34. The van der Waals surface area contributed by atoms with Crippen molar-refractivity contribution in [2.24, 2.45) is 0 Å². The molecule has 8 heavy (non-hydrogen) atoms. The Bertz CT molecular complexity index is 56.8. The molecule has 0 aromatic carbocycles. The molecule has 0 radical (unpaired) electrons. The van der Waals surface area contributed by atoms with Crippen LogP contribution in [0.4, 0.5) is 0 Å². The summed E-state index contributed by atoms with van der Waals surface area (Å²) in [7, 11) is 0. The van der Waals surface area contributed by atoms with Crippen LogP contribution in [-0.2, 0) is 0 Å². The maximum atomic E-state index is 2.50. The zero-order valence-corrected chi connectivity index (χ0v) is 5.85. The SMILES string of the molecule is CC[C@@H]1C[C@@H](CC)[NH2+]1. The quantitative estimate of drug-likeness (QED) is 0.538. The minimum absolute atomic E-state index is 0.972. The van der Waals surface area contributed by atoms with Gasteiger partial charge >= 0.3 is 0 Å². The first-order valence-corrected chi connectivity index (χ1v) is 3.71. The molecule has 1 heterocycles. The lowest BCUT2D eigenvalue weighted by molar-refractivity contribution is -0.779. The normalized spacial score (nSPS) is 36.8. The average molecular weight is 114 g/mol. The van der Waals surface area contributed by atoms with Crippen molar-refractivity contribution in [1.82, 2.24) is 0 Å². The van der Waals surface area contributed by atoms with E-state index in [1.807, 2.05) is 0 Å². The molecule has 1 aliphatic heterocycles. The Morgan fingerprint density at radius 1 is 1.25 bits per heavy atom. The van der Waals surface area contributed by atoms with Gasteiger partial charge in [0, 0.05) is 0 Å². The minimum Gasteiger partial charge on any atom is -0.341 e. The van der Waals surface area contributed by atoms with Crippen molar-refractivity contribution in [2.45, 2.75) is 45.2 Å². The summed E-state index contributed by atoms with van der Waals surface area (Å²) < 4.78 is 0. The number of hydrogen-bond acceptors (Lipinski definition) is 0. The van der Waals surface area contributed by atoms with Crippen LogP contribution in [0.3, 0.4) is 0 Å². The van der Waals surface area contributed by atoms with Crippen LogP contribution in [0.25, 0.3) is 0 Å². The summed E-state index contributed by atoms with van der Waals surface area (Å²) in [6.07, 6.45) is 4.18. The number of nitrogens with two attached hydrogens (primary N) is 1. The minimum atomic E-state index is 0.972. The van der Waals surface area contributed by atoms with Crippen LogP contribution in [-0.4, -0.2) is 12.1 Å². The summed E-state index contributed by atoms with van der Waals surface area (Å²) in [6, 6.07) is 1.94. The second-order valence-corrected chi connectivity index (χ2v) is 2.76. The van der Waals surface area contributed by atoms with Crippen LogP contribution in [0, 0.1) is 0 Å². The molecule has 0 aliphatic carbocycles. The van der Waals surface area contributed by atoms with Gasteiger partial charge in [0.1, 0.15) is 0 Å². The maximum absolute atomic E-state index is 2.50. The molecule has 0 bridgehead atoms. The summed E-state index contributed by atoms with van der Waals surface area (Å²) in [4.78, 5) is 0. The molecule has 2 atom stereocenters. The molecule has 0 saturated carbocycles. The molecule has 1 fully saturated rings. The van der Waals surface area contributed by atoms with Gasteiger partial charge in [0.25, 0.3) is 0 Å². The Balaban J connectivity index is 2.03. The standard InChI is InChI=1S/C7H15N/c1-3-6-5-7(4-2)8-6/h6-8H,3-5H2,1-2H3/p+1/t6-,7-/m1/s1. The van der Waals surface area contributed by atoms with Crippen LogP contribution < -0.4 is 5.32 Å². The Kier molecular flexibility index (Phi) is 1.90. The van der Waals surface area contributed by atoms with E-state index in [9.17, 15) is 0 Å². The smallest absolute Gasteiger partial charge is 0.0915 e. The van der Waals surface area contributed by atoms with Crippen molar-refractivity contribution >= 4 is 0 Å². The van der Waals surface area contributed by atoms with Gasteiger partial charge < -0.3 is 5.32 Å². The fraction of sp³-hybridized carbons (Fsp3) is 1.00. The van der Waals surface area contributed by atoms with E-state index in [2.05, 4.69) is 19.2 Å². The zero-order chi connectivity index (χ0) is 5.98.